The Hall–Kier alpha value is -2.12. The lowest BCUT2D eigenvalue weighted by Gasteiger charge is -2.38. The van der Waals surface area contributed by atoms with Crippen molar-refractivity contribution in [3.05, 3.63) is 64.4 Å². The van der Waals surface area contributed by atoms with Crippen LogP contribution in [-0.2, 0) is 6.18 Å². The van der Waals surface area contributed by atoms with E-state index in [2.05, 4.69) is 15.2 Å². The maximum absolute atomic E-state index is 13.2. The number of amides is 1. The van der Waals surface area contributed by atoms with Crippen LogP contribution in [0.3, 0.4) is 0 Å². The Morgan fingerprint density at radius 1 is 1.17 bits per heavy atom. The molecule has 2 fully saturated rings. The number of fused-ring (bicyclic) bond motifs is 1. The Kier molecular flexibility index (Phi) is 6.02. The van der Waals surface area contributed by atoms with E-state index in [1.165, 1.54) is 18.6 Å². The Labute approximate surface area is 178 Å². The van der Waals surface area contributed by atoms with Crippen LogP contribution in [0.1, 0.15) is 59.6 Å². The van der Waals surface area contributed by atoms with E-state index in [0.29, 0.717) is 6.04 Å². The zero-order valence-electron chi connectivity index (χ0n) is 16.3. The van der Waals surface area contributed by atoms with Crippen LogP contribution in [0.2, 0.25) is 5.02 Å². The van der Waals surface area contributed by atoms with Gasteiger partial charge in [0.25, 0.3) is 5.91 Å². The van der Waals surface area contributed by atoms with Crippen molar-refractivity contribution in [2.75, 3.05) is 6.54 Å². The van der Waals surface area contributed by atoms with Crippen LogP contribution in [-0.4, -0.2) is 34.4 Å². The number of carbonyl (C=O) groups is 1. The third-order valence-corrected chi connectivity index (χ3v) is 6.57. The second kappa shape index (κ2) is 8.55. The second-order valence-electron chi connectivity index (χ2n) is 7.93. The number of carbonyl (C=O) groups excluding carboxylic acids is 1. The standard InChI is InChI=1S/C22H23ClF3N3O/c23-19-16(7-3-8-17(19)22(24,25)26)21(30)28-20(14-5-4-11-27-13-14)18-10-9-15-6-1-2-12-29(15)18/h3-5,7-8,11,13,15,18,20H,1-2,6,9-10,12H2,(H,28,30)/t15-,18+,20+/m1/s1. The van der Waals surface area contributed by atoms with E-state index in [4.69, 9.17) is 11.6 Å². The third-order valence-electron chi connectivity index (χ3n) is 6.16. The van der Waals surface area contributed by atoms with E-state index in [9.17, 15) is 18.0 Å². The molecule has 0 spiro atoms. The van der Waals surface area contributed by atoms with Gasteiger partial charge in [0.15, 0.2) is 0 Å². The number of aromatic nitrogens is 1. The van der Waals surface area contributed by atoms with Crippen molar-refractivity contribution in [2.45, 2.75) is 56.4 Å². The largest absolute Gasteiger partial charge is 0.417 e. The van der Waals surface area contributed by atoms with Crippen LogP contribution in [0.25, 0.3) is 0 Å². The molecule has 1 amide bonds. The average Bonchev–Trinajstić information content (AvgIpc) is 3.15. The first-order chi connectivity index (χ1) is 14.4. The molecule has 2 aliphatic heterocycles. The Morgan fingerprint density at radius 3 is 2.73 bits per heavy atom. The van der Waals surface area contributed by atoms with Crippen molar-refractivity contribution >= 4 is 17.5 Å². The van der Waals surface area contributed by atoms with Gasteiger partial charge in [-0.2, -0.15) is 13.2 Å². The molecule has 2 aliphatic rings. The van der Waals surface area contributed by atoms with Gasteiger partial charge in [-0.1, -0.05) is 30.2 Å². The second-order valence-corrected chi connectivity index (χ2v) is 8.31. The third kappa shape index (κ3) is 4.18. The maximum atomic E-state index is 13.2. The number of halogens is 4. The van der Waals surface area contributed by atoms with Crippen molar-refractivity contribution in [2.24, 2.45) is 0 Å². The highest BCUT2D eigenvalue weighted by atomic mass is 35.5. The number of hydrogen-bond donors (Lipinski definition) is 1. The first-order valence-electron chi connectivity index (χ1n) is 10.2. The molecule has 1 N–H and O–H groups in total. The number of nitrogens with zero attached hydrogens (tertiary/aromatic N) is 2. The molecular weight excluding hydrogens is 415 g/mol. The van der Waals surface area contributed by atoms with Crippen LogP contribution in [0.4, 0.5) is 13.2 Å². The molecule has 0 radical (unpaired) electrons. The minimum atomic E-state index is -4.62. The van der Waals surface area contributed by atoms with Gasteiger partial charge in [-0.05, 0) is 56.0 Å². The molecule has 30 heavy (non-hydrogen) atoms. The van der Waals surface area contributed by atoms with Gasteiger partial charge in [-0.25, -0.2) is 0 Å². The monoisotopic (exact) mass is 437 g/mol. The SMILES string of the molecule is O=C(N[C@@H](c1cccnc1)[C@@H]1CC[C@H]2CCCCN21)c1cccc(C(F)(F)F)c1Cl. The van der Waals surface area contributed by atoms with Gasteiger partial charge in [0.1, 0.15) is 0 Å². The highest BCUT2D eigenvalue weighted by Crippen LogP contribution is 2.39. The summed E-state index contributed by atoms with van der Waals surface area (Å²) in [5, 5.41) is 2.40. The molecule has 0 aliphatic carbocycles. The van der Waals surface area contributed by atoms with Gasteiger partial charge in [0, 0.05) is 24.5 Å². The summed E-state index contributed by atoms with van der Waals surface area (Å²) in [5.74, 6) is -0.611. The molecule has 2 aromatic rings. The molecule has 4 rings (SSSR count). The van der Waals surface area contributed by atoms with E-state index in [1.807, 2.05) is 6.07 Å². The van der Waals surface area contributed by atoms with Crippen LogP contribution in [0.5, 0.6) is 0 Å². The minimum Gasteiger partial charge on any atom is -0.344 e. The van der Waals surface area contributed by atoms with E-state index < -0.39 is 22.7 Å². The summed E-state index contributed by atoms with van der Waals surface area (Å²) in [5.41, 5.74) is -0.342. The number of nitrogens with one attached hydrogen (secondary N) is 1. The molecule has 0 unspecified atom stereocenters. The Bertz CT molecular complexity index is 906. The molecular formula is C22H23ClF3N3O. The normalized spacial score (nSPS) is 23.1. The molecule has 3 heterocycles. The molecule has 8 heteroatoms. The van der Waals surface area contributed by atoms with Gasteiger partial charge in [-0.3, -0.25) is 14.7 Å². The molecule has 4 nitrogen and oxygen atoms in total. The van der Waals surface area contributed by atoms with Gasteiger partial charge in [0.05, 0.1) is 22.2 Å². The predicted octanol–water partition coefficient (Wildman–Crippen LogP) is 5.24. The number of piperidine rings is 1. The van der Waals surface area contributed by atoms with Gasteiger partial charge >= 0.3 is 6.18 Å². The first-order valence-corrected chi connectivity index (χ1v) is 10.6. The predicted molar refractivity (Wildman–Crippen MR) is 108 cm³/mol. The summed E-state index contributed by atoms with van der Waals surface area (Å²) in [6.45, 7) is 0.965. The summed E-state index contributed by atoms with van der Waals surface area (Å²) in [4.78, 5) is 19.7. The van der Waals surface area contributed by atoms with Crippen molar-refractivity contribution in [3.63, 3.8) is 0 Å². The minimum absolute atomic E-state index is 0.0769. The fraction of sp³-hybridized carbons (Fsp3) is 0.455. The van der Waals surface area contributed by atoms with E-state index >= 15 is 0 Å². The number of pyridine rings is 1. The number of hydrogen-bond acceptors (Lipinski definition) is 3. The highest BCUT2D eigenvalue weighted by molar-refractivity contribution is 6.34. The molecule has 2 saturated heterocycles. The quantitative estimate of drug-likeness (QED) is 0.711. The van der Waals surface area contributed by atoms with E-state index in [-0.39, 0.29) is 17.6 Å². The van der Waals surface area contributed by atoms with Crippen LogP contribution >= 0.6 is 11.6 Å². The Balaban J connectivity index is 1.64. The van der Waals surface area contributed by atoms with Crippen LogP contribution in [0.15, 0.2) is 42.7 Å². The number of benzene rings is 1. The van der Waals surface area contributed by atoms with Gasteiger partial charge in [-0.15, -0.1) is 0 Å². The molecule has 1 aromatic heterocycles. The average molecular weight is 438 g/mol. The van der Waals surface area contributed by atoms with Crippen LogP contribution in [0, 0.1) is 0 Å². The fourth-order valence-electron chi connectivity index (χ4n) is 4.76. The molecule has 0 bridgehead atoms. The first kappa shape index (κ1) is 21.1. The van der Waals surface area contributed by atoms with Gasteiger partial charge in [0.2, 0.25) is 0 Å². The number of alkyl halides is 3. The van der Waals surface area contributed by atoms with Crippen molar-refractivity contribution in [1.29, 1.82) is 0 Å². The van der Waals surface area contributed by atoms with Crippen LogP contribution < -0.4 is 5.32 Å². The lowest BCUT2D eigenvalue weighted by Crippen LogP contribution is -2.47. The summed E-state index contributed by atoms with van der Waals surface area (Å²) in [7, 11) is 0. The smallest absolute Gasteiger partial charge is 0.344 e. The molecule has 160 valence electrons. The summed E-state index contributed by atoms with van der Waals surface area (Å²) in [6.07, 6.45) is 4.17. The maximum Gasteiger partial charge on any atom is 0.417 e. The van der Waals surface area contributed by atoms with Crippen molar-refractivity contribution in [3.8, 4) is 0 Å². The Morgan fingerprint density at radius 2 is 2.00 bits per heavy atom. The van der Waals surface area contributed by atoms with Gasteiger partial charge < -0.3 is 5.32 Å². The molecule has 1 aromatic carbocycles. The molecule has 0 saturated carbocycles. The summed E-state index contributed by atoms with van der Waals surface area (Å²) < 4.78 is 39.7. The van der Waals surface area contributed by atoms with Crippen molar-refractivity contribution < 1.29 is 18.0 Å². The lowest BCUT2D eigenvalue weighted by molar-refractivity contribution is -0.137. The summed E-state index contributed by atoms with van der Waals surface area (Å²) >= 11 is 5.98. The lowest BCUT2D eigenvalue weighted by atomic mass is 9.97. The highest BCUT2D eigenvalue weighted by Gasteiger charge is 2.41. The summed E-state index contributed by atoms with van der Waals surface area (Å²) in [6, 6.07) is 7.30. The zero-order valence-corrected chi connectivity index (χ0v) is 17.1. The van der Waals surface area contributed by atoms with E-state index in [1.54, 1.807) is 18.5 Å². The van der Waals surface area contributed by atoms with Crippen molar-refractivity contribution in [1.82, 2.24) is 15.2 Å². The zero-order chi connectivity index (χ0) is 21.3. The number of rotatable bonds is 4. The fourth-order valence-corrected chi connectivity index (χ4v) is 5.08. The molecule has 3 atom stereocenters. The van der Waals surface area contributed by atoms with E-state index in [0.717, 1.165) is 43.9 Å². The topological polar surface area (TPSA) is 45.2 Å².